The molecule has 1 saturated heterocycles. The van der Waals surface area contributed by atoms with Gasteiger partial charge in [0.25, 0.3) is 0 Å². The number of hydrogen-bond acceptors (Lipinski definition) is 4. The molecule has 1 aromatic heterocycles. The number of nitriles is 1. The summed E-state index contributed by atoms with van der Waals surface area (Å²) in [7, 11) is 4.26. The molecule has 4 heteroatoms. The molecule has 1 aliphatic rings. The molecule has 2 aromatic rings. The second kappa shape index (κ2) is 5.71. The Kier molecular flexibility index (Phi) is 3.76. The van der Waals surface area contributed by atoms with Crippen molar-refractivity contribution in [3.8, 4) is 6.07 Å². The lowest BCUT2D eigenvalue weighted by Crippen LogP contribution is -2.45. The zero-order valence-corrected chi connectivity index (χ0v) is 12.6. The number of rotatable bonds is 2. The van der Waals surface area contributed by atoms with Crippen LogP contribution in [0.2, 0.25) is 0 Å². The zero-order chi connectivity index (χ0) is 14.8. The van der Waals surface area contributed by atoms with Gasteiger partial charge in [0.2, 0.25) is 0 Å². The van der Waals surface area contributed by atoms with Crippen molar-refractivity contribution < 1.29 is 0 Å². The largest absolute Gasteiger partial charge is 0.355 e. The predicted octanol–water partition coefficient (Wildman–Crippen LogP) is 2.64. The maximum Gasteiger partial charge on any atom is 0.130 e. The van der Waals surface area contributed by atoms with Gasteiger partial charge in [0.1, 0.15) is 5.82 Å². The molecule has 0 amide bonds. The number of fused-ring (bicyclic) bond motifs is 1. The molecule has 1 aromatic carbocycles. The molecule has 4 nitrogen and oxygen atoms in total. The standard InChI is InChI=1S/C17H20N4/c1-20(2)14-6-5-9-21(12-14)17-10-13(11-18)15-7-3-4-8-16(15)19-17/h3-4,7-8,10,14H,5-6,9,12H2,1-2H3. The van der Waals surface area contributed by atoms with E-state index >= 15 is 0 Å². The summed E-state index contributed by atoms with van der Waals surface area (Å²) < 4.78 is 0. The molecule has 0 saturated carbocycles. The first kappa shape index (κ1) is 13.8. The van der Waals surface area contributed by atoms with Crippen LogP contribution >= 0.6 is 0 Å². The van der Waals surface area contributed by atoms with E-state index in [0.29, 0.717) is 11.6 Å². The summed E-state index contributed by atoms with van der Waals surface area (Å²) >= 11 is 0. The first-order chi connectivity index (χ1) is 10.2. The fraction of sp³-hybridized carbons (Fsp3) is 0.412. The van der Waals surface area contributed by atoms with Crippen LogP contribution in [0.25, 0.3) is 10.9 Å². The molecule has 3 rings (SSSR count). The monoisotopic (exact) mass is 280 g/mol. The van der Waals surface area contributed by atoms with Crippen molar-refractivity contribution in [2.75, 3.05) is 32.1 Å². The van der Waals surface area contributed by atoms with Crippen molar-refractivity contribution in [1.82, 2.24) is 9.88 Å². The predicted molar refractivity (Wildman–Crippen MR) is 85.4 cm³/mol. The van der Waals surface area contributed by atoms with Crippen LogP contribution in [0.1, 0.15) is 18.4 Å². The minimum atomic E-state index is 0.553. The van der Waals surface area contributed by atoms with Gasteiger partial charge >= 0.3 is 0 Å². The number of likely N-dealkylation sites (N-methyl/N-ethyl adjacent to an activating group) is 1. The fourth-order valence-corrected chi connectivity index (χ4v) is 3.00. The molecule has 1 fully saturated rings. The van der Waals surface area contributed by atoms with E-state index in [0.717, 1.165) is 29.8 Å². The maximum atomic E-state index is 9.39. The summed E-state index contributed by atoms with van der Waals surface area (Å²) in [5, 5.41) is 10.3. The number of piperidine rings is 1. The molecule has 21 heavy (non-hydrogen) atoms. The zero-order valence-electron chi connectivity index (χ0n) is 12.6. The smallest absolute Gasteiger partial charge is 0.130 e. The van der Waals surface area contributed by atoms with E-state index < -0.39 is 0 Å². The minimum absolute atomic E-state index is 0.553. The normalized spacial score (nSPS) is 19.0. The highest BCUT2D eigenvalue weighted by atomic mass is 15.2. The van der Waals surface area contributed by atoms with Gasteiger partial charge in [-0.15, -0.1) is 0 Å². The SMILES string of the molecule is CN(C)C1CCCN(c2cc(C#N)c3ccccc3n2)C1. The van der Waals surface area contributed by atoms with Crippen LogP contribution in [-0.2, 0) is 0 Å². The third kappa shape index (κ3) is 2.70. The Balaban J connectivity index is 1.99. The lowest BCUT2D eigenvalue weighted by molar-refractivity contribution is 0.257. The van der Waals surface area contributed by atoms with Gasteiger partial charge in [0.15, 0.2) is 0 Å². The van der Waals surface area contributed by atoms with Gasteiger partial charge in [-0.2, -0.15) is 5.26 Å². The van der Waals surface area contributed by atoms with Crippen LogP contribution in [0.3, 0.4) is 0 Å². The van der Waals surface area contributed by atoms with E-state index in [2.05, 4.69) is 30.0 Å². The number of para-hydroxylation sites is 1. The van der Waals surface area contributed by atoms with E-state index in [4.69, 9.17) is 4.98 Å². The maximum absolute atomic E-state index is 9.39. The topological polar surface area (TPSA) is 43.2 Å². The molecule has 0 radical (unpaired) electrons. The quantitative estimate of drug-likeness (QED) is 0.848. The van der Waals surface area contributed by atoms with Crippen LogP contribution in [0.15, 0.2) is 30.3 Å². The Hall–Kier alpha value is -2.12. The first-order valence-corrected chi connectivity index (χ1v) is 7.40. The summed E-state index contributed by atoms with van der Waals surface area (Å²) in [4.78, 5) is 9.34. The van der Waals surface area contributed by atoms with Gasteiger partial charge in [-0.3, -0.25) is 0 Å². The molecule has 1 atom stereocenters. The average molecular weight is 280 g/mol. The van der Waals surface area contributed by atoms with Crippen LogP contribution in [-0.4, -0.2) is 43.1 Å². The number of hydrogen-bond donors (Lipinski definition) is 0. The summed E-state index contributed by atoms with van der Waals surface area (Å²) in [5.41, 5.74) is 1.61. The molecule has 1 aliphatic heterocycles. The van der Waals surface area contributed by atoms with Gasteiger partial charge in [-0.25, -0.2) is 4.98 Å². The Morgan fingerprint density at radius 3 is 2.90 bits per heavy atom. The van der Waals surface area contributed by atoms with E-state index in [1.807, 2.05) is 30.3 Å². The number of anilines is 1. The van der Waals surface area contributed by atoms with Crippen molar-refractivity contribution in [3.63, 3.8) is 0 Å². The first-order valence-electron chi connectivity index (χ1n) is 7.40. The molecule has 108 valence electrons. The molecule has 1 unspecified atom stereocenters. The van der Waals surface area contributed by atoms with E-state index in [1.165, 1.54) is 12.8 Å². The Morgan fingerprint density at radius 1 is 1.33 bits per heavy atom. The van der Waals surface area contributed by atoms with Crippen molar-refractivity contribution in [3.05, 3.63) is 35.9 Å². The van der Waals surface area contributed by atoms with Crippen LogP contribution in [0.4, 0.5) is 5.82 Å². The van der Waals surface area contributed by atoms with Crippen molar-refractivity contribution in [2.24, 2.45) is 0 Å². The van der Waals surface area contributed by atoms with Crippen molar-refractivity contribution in [2.45, 2.75) is 18.9 Å². The average Bonchev–Trinajstić information content (AvgIpc) is 2.53. The lowest BCUT2D eigenvalue weighted by atomic mass is 10.0. The number of pyridine rings is 1. The molecule has 0 N–H and O–H groups in total. The molecule has 2 heterocycles. The van der Waals surface area contributed by atoms with Gasteiger partial charge in [-0.05, 0) is 39.1 Å². The highest BCUT2D eigenvalue weighted by Gasteiger charge is 2.23. The number of nitrogens with zero attached hydrogens (tertiary/aromatic N) is 4. The van der Waals surface area contributed by atoms with Gasteiger partial charge < -0.3 is 9.80 Å². The van der Waals surface area contributed by atoms with Gasteiger partial charge in [0, 0.05) is 24.5 Å². The number of aromatic nitrogens is 1. The van der Waals surface area contributed by atoms with Crippen LogP contribution in [0.5, 0.6) is 0 Å². The van der Waals surface area contributed by atoms with Gasteiger partial charge in [-0.1, -0.05) is 18.2 Å². The number of benzene rings is 1. The minimum Gasteiger partial charge on any atom is -0.355 e. The molecular weight excluding hydrogens is 260 g/mol. The Bertz CT molecular complexity index is 687. The highest BCUT2D eigenvalue weighted by molar-refractivity contribution is 5.86. The van der Waals surface area contributed by atoms with E-state index in [1.54, 1.807) is 0 Å². The van der Waals surface area contributed by atoms with Crippen molar-refractivity contribution >= 4 is 16.7 Å². The lowest BCUT2D eigenvalue weighted by Gasteiger charge is -2.37. The molecular formula is C17H20N4. The summed E-state index contributed by atoms with van der Waals surface area (Å²) in [6, 6.07) is 12.7. The van der Waals surface area contributed by atoms with Crippen molar-refractivity contribution in [1.29, 1.82) is 5.26 Å². The summed E-state index contributed by atoms with van der Waals surface area (Å²) in [6.45, 7) is 1.99. The van der Waals surface area contributed by atoms with Crippen LogP contribution in [0, 0.1) is 11.3 Å². The highest BCUT2D eigenvalue weighted by Crippen LogP contribution is 2.25. The third-order valence-corrected chi connectivity index (χ3v) is 4.27. The second-order valence-electron chi connectivity index (χ2n) is 5.86. The van der Waals surface area contributed by atoms with E-state index in [9.17, 15) is 5.26 Å². The molecule has 0 aliphatic carbocycles. The summed E-state index contributed by atoms with van der Waals surface area (Å²) in [5.74, 6) is 0.928. The Labute approximate surface area is 125 Å². The fourth-order valence-electron chi connectivity index (χ4n) is 3.00. The third-order valence-electron chi connectivity index (χ3n) is 4.27. The molecule has 0 bridgehead atoms. The van der Waals surface area contributed by atoms with Crippen LogP contribution < -0.4 is 4.90 Å². The Morgan fingerprint density at radius 2 is 2.14 bits per heavy atom. The molecule has 0 spiro atoms. The van der Waals surface area contributed by atoms with E-state index in [-0.39, 0.29) is 0 Å². The second-order valence-corrected chi connectivity index (χ2v) is 5.86. The summed E-state index contributed by atoms with van der Waals surface area (Å²) in [6.07, 6.45) is 2.39. The van der Waals surface area contributed by atoms with Gasteiger partial charge in [0.05, 0.1) is 17.1 Å².